The molecule has 1 aromatic heterocycles. The van der Waals surface area contributed by atoms with E-state index in [2.05, 4.69) is 5.10 Å². The molecule has 0 aliphatic carbocycles. The van der Waals surface area contributed by atoms with Crippen molar-refractivity contribution in [2.75, 3.05) is 6.61 Å². The van der Waals surface area contributed by atoms with Crippen molar-refractivity contribution in [1.82, 2.24) is 10.2 Å². The Hall–Kier alpha value is -3.87. The molecule has 4 rings (SSSR count). The minimum atomic E-state index is -5.19. The number of hydrogen-bond donors (Lipinski definition) is 2. The summed E-state index contributed by atoms with van der Waals surface area (Å²) in [6.45, 7) is -0.126. The Morgan fingerprint density at radius 3 is 1.90 bits per heavy atom. The number of halogens is 10. The summed E-state index contributed by atoms with van der Waals surface area (Å²) in [5.74, 6) is -1.24. The highest BCUT2D eigenvalue weighted by atomic mass is 35.5. The zero-order valence-electron chi connectivity index (χ0n) is 19.8. The Labute approximate surface area is 225 Å². The molecule has 40 heavy (non-hydrogen) atoms. The van der Waals surface area contributed by atoms with Gasteiger partial charge in [-0.05, 0) is 59.7 Å². The Bertz CT molecular complexity index is 1480. The van der Waals surface area contributed by atoms with Crippen molar-refractivity contribution in [3.05, 3.63) is 88.1 Å². The van der Waals surface area contributed by atoms with E-state index in [0.717, 1.165) is 17.7 Å². The summed E-state index contributed by atoms with van der Waals surface area (Å²) in [5.41, 5.74) is -6.04. The van der Waals surface area contributed by atoms with Crippen molar-refractivity contribution < 1.29 is 49.4 Å². The van der Waals surface area contributed by atoms with Crippen molar-refractivity contribution in [3.8, 4) is 33.9 Å². The summed E-state index contributed by atoms with van der Waals surface area (Å²) in [4.78, 5) is 0. The maximum atomic E-state index is 13.5. The highest BCUT2D eigenvalue weighted by Gasteiger charge is 2.38. The van der Waals surface area contributed by atoms with Crippen LogP contribution in [0.25, 0.3) is 22.4 Å². The van der Waals surface area contributed by atoms with E-state index in [1.165, 1.54) is 0 Å². The van der Waals surface area contributed by atoms with E-state index in [4.69, 9.17) is 16.3 Å². The van der Waals surface area contributed by atoms with Crippen LogP contribution in [0.4, 0.5) is 39.5 Å². The van der Waals surface area contributed by atoms with Crippen LogP contribution in [-0.4, -0.2) is 21.9 Å². The second kappa shape index (κ2) is 10.6. The van der Waals surface area contributed by atoms with Crippen molar-refractivity contribution >= 4 is 11.6 Å². The Morgan fingerprint density at radius 2 is 1.38 bits per heavy atom. The number of benzene rings is 3. The number of H-pyrrole nitrogens is 1. The summed E-state index contributed by atoms with van der Waals surface area (Å²) < 4.78 is 126. The van der Waals surface area contributed by atoms with Gasteiger partial charge in [-0.25, -0.2) is 0 Å². The summed E-state index contributed by atoms with van der Waals surface area (Å²) in [6.07, 6.45) is -15.0. The molecule has 14 heteroatoms. The van der Waals surface area contributed by atoms with Crippen LogP contribution < -0.4 is 4.74 Å². The van der Waals surface area contributed by atoms with Gasteiger partial charge in [0, 0.05) is 17.0 Å². The highest BCUT2D eigenvalue weighted by Crippen LogP contribution is 2.47. The molecule has 4 aromatic rings. The Kier molecular flexibility index (Phi) is 7.72. The third-order valence-electron chi connectivity index (χ3n) is 5.74. The van der Waals surface area contributed by atoms with Gasteiger partial charge in [0.15, 0.2) is 0 Å². The van der Waals surface area contributed by atoms with Crippen LogP contribution in [-0.2, 0) is 24.9 Å². The van der Waals surface area contributed by atoms with Crippen LogP contribution in [0.2, 0.25) is 5.02 Å². The van der Waals surface area contributed by atoms with Crippen LogP contribution in [0.3, 0.4) is 0 Å². The molecule has 3 aromatic carbocycles. The van der Waals surface area contributed by atoms with E-state index in [1.54, 1.807) is 29.4 Å². The van der Waals surface area contributed by atoms with E-state index < -0.39 is 63.5 Å². The summed E-state index contributed by atoms with van der Waals surface area (Å²) in [7, 11) is 0. The first-order valence-corrected chi connectivity index (χ1v) is 11.6. The smallest absolute Gasteiger partial charge is 0.432 e. The maximum absolute atomic E-state index is 13.5. The number of nitrogens with one attached hydrogen (secondary N) is 1. The van der Waals surface area contributed by atoms with Gasteiger partial charge < -0.3 is 9.84 Å². The molecule has 1 heterocycles. The molecule has 0 saturated heterocycles. The minimum Gasteiger partial charge on any atom is -0.506 e. The lowest BCUT2D eigenvalue weighted by Crippen LogP contribution is -2.11. The number of alkyl halides is 9. The number of phenolic OH excluding ortho intramolecular Hbond substituents is 1. The molecule has 0 saturated carbocycles. The predicted octanol–water partition coefficient (Wildman–Crippen LogP) is 8.78. The van der Waals surface area contributed by atoms with E-state index in [9.17, 15) is 44.6 Å². The molecule has 0 fully saturated rings. The largest absolute Gasteiger partial charge is 0.506 e. The van der Waals surface area contributed by atoms with Crippen molar-refractivity contribution in [3.63, 3.8) is 0 Å². The third kappa shape index (κ3) is 6.46. The zero-order valence-corrected chi connectivity index (χ0v) is 20.5. The summed E-state index contributed by atoms with van der Waals surface area (Å²) >= 11 is 5.84. The fourth-order valence-corrected chi connectivity index (χ4v) is 3.94. The summed E-state index contributed by atoms with van der Waals surface area (Å²) in [6, 6.07) is 9.95. The van der Waals surface area contributed by atoms with E-state index in [0.29, 0.717) is 23.2 Å². The van der Waals surface area contributed by atoms with Crippen LogP contribution in [0, 0.1) is 0 Å². The minimum absolute atomic E-state index is 0.0885. The zero-order chi connectivity index (χ0) is 29.5. The molecule has 0 aliphatic rings. The molecule has 0 spiro atoms. The van der Waals surface area contributed by atoms with E-state index in [-0.39, 0.29) is 24.8 Å². The molecule has 0 bridgehead atoms. The van der Waals surface area contributed by atoms with Gasteiger partial charge in [0.05, 0.1) is 29.0 Å². The lowest BCUT2D eigenvalue weighted by molar-refractivity contribution is -0.143. The fraction of sp³-hybridized carbons (Fsp3) is 0.192. The molecule has 0 radical (unpaired) electrons. The first-order chi connectivity index (χ1) is 18.5. The number of aromatic hydroxyl groups is 1. The first kappa shape index (κ1) is 29.1. The molecule has 4 nitrogen and oxygen atoms in total. The first-order valence-electron chi connectivity index (χ1n) is 11.2. The number of nitrogens with zero attached hydrogens (tertiary/aromatic N) is 1. The van der Waals surface area contributed by atoms with Gasteiger partial charge in [0.2, 0.25) is 0 Å². The average Bonchev–Trinajstić information content (AvgIpc) is 3.35. The van der Waals surface area contributed by atoms with Gasteiger partial charge in [0.1, 0.15) is 17.2 Å². The van der Waals surface area contributed by atoms with Gasteiger partial charge in [-0.3, -0.25) is 5.10 Å². The van der Waals surface area contributed by atoms with Gasteiger partial charge in [-0.1, -0.05) is 23.7 Å². The molecule has 0 amide bonds. The fourth-order valence-electron chi connectivity index (χ4n) is 3.81. The topological polar surface area (TPSA) is 58.1 Å². The van der Waals surface area contributed by atoms with Gasteiger partial charge in [-0.15, -0.1) is 0 Å². The molecule has 0 atom stereocenters. The van der Waals surface area contributed by atoms with Crippen LogP contribution >= 0.6 is 11.6 Å². The molecular weight excluding hydrogens is 579 g/mol. The van der Waals surface area contributed by atoms with Crippen LogP contribution in [0.5, 0.6) is 11.5 Å². The van der Waals surface area contributed by atoms with Crippen LogP contribution in [0.1, 0.15) is 22.4 Å². The monoisotopic (exact) mass is 594 g/mol. The van der Waals surface area contributed by atoms with Crippen molar-refractivity contribution in [1.29, 1.82) is 0 Å². The standard InChI is InChI=1S/C26H16ClF9N2O2/c27-17-3-1-13(2-4-17)7-8-40-20-6-5-18(19-12-21(38-37-19)26(34,35)36)23(39)22(20)14-9-15(24(28,29)30)11-16(10-14)25(31,32)33/h1-6,9-12,39H,7-8H2,(H,37,38). The number of hydrogen-bond acceptors (Lipinski definition) is 3. The average molecular weight is 595 g/mol. The molecule has 0 unspecified atom stereocenters. The normalized spacial score (nSPS) is 12.6. The van der Waals surface area contributed by atoms with Gasteiger partial charge >= 0.3 is 18.5 Å². The summed E-state index contributed by atoms with van der Waals surface area (Å²) in [5, 5.41) is 16.7. The third-order valence-corrected chi connectivity index (χ3v) is 5.99. The highest BCUT2D eigenvalue weighted by molar-refractivity contribution is 6.30. The lowest BCUT2D eigenvalue weighted by Gasteiger charge is -2.19. The molecule has 0 aliphatic heterocycles. The van der Waals surface area contributed by atoms with Gasteiger partial charge in [0.25, 0.3) is 0 Å². The number of phenols is 1. The maximum Gasteiger partial charge on any atom is 0.432 e. The quantitative estimate of drug-likeness (QED) is 0.219. The second-order valence-electron chi connectivity index (χ2n) is 8.52. The molecule has 2 N–H and O–H groups in total. The molecule has 212 valence electrons. The van der Waals surface area contributed by atoms with Crippen molar-refractivity contribution in [2.45, 2.75) is 24.9 Å². The Morgan fingerprint density at radius 1 is 0.775 bits per heavy atom. The SMILES string of the molecule is Oc1c(-c2cc(C(F)(F)F)[nH]n2)ccc(OCCc2ccc(Cl)cc2)c1-c1cc(C(F)(F)F)cc(C(F)(F)F)c1. The molecular formula is C26H16ClF9N2O2. The Balaban J connectivity index is 1.85. The second-order valence-corrected chi connectivity index (χ2v) is 8.96. The number of aromatic nitrogens is 2. The van der Waals surface area contributed by atoms with Gasteiger partial charge in [-0.2, -0.15) is 44.6 Å². The van der Waals surface area contributed by atoms with E-state index >= 15 is 0 Å². The lowest BCUT2D eigenvalue weighted by atomic mass is 9.95. The van der Waals surface area contributed by atoms with Crippen LogP contribution in [0.15, 0.2) is 60.7 Å². The number of rotatable bonds is 6. The number of ether oxygens (including phenoxy) is 1. The van der Waals surface area contributed by atoms with E-state index in [1.807, 2.05) is 0 Å². The number of aromatic amines is 1. The van der Waals surface area contributed by atoms with Crippen molar-refractivity contribution in [2.24, 2.45) is 0 Å². The predicted molar refractivity (Wildman–Crippen MR) is 127 cm³/mol.